The van der Waals surface area contributed by atoms with Crippen molar-refractivity contribution in [2.24, 2.45) is 0 Å². The highest BCUT2D eigenvalue weighted by Crippen LogP contribution is 2.32. The van der Waals surface area contributed by atoms with Crippen molar-refractivity contribution in [2.75, 3.05) is 10.6 Å². The highest BCUT2D eigenvalue weighted by atomic mass is 19.4. The Hall–Kier alpha value is -4.22. The third-order valence-electron chi connectivity index (χ3n) is 5.30. The Bertz CT molecular complexity index is 1430. The van der Waals surface area contributed by atoms with Crippen molar-refractivity contribution < 1.29 is 22.8 Å². The number of rotatable bonds is 5. The number of hydrogen-bond acceptors (Lipinski definition) is 5. The van der Waals surface area contributed by atoms with E-state index < -0.39 is 29.1 Å². The van der Waals surface area contributed by atoms with Crippen LogP contribution >= 0.6 is 0 Å². The molecule has 0 radical (unpaired) electrons. The number of fused-ring (bicyclic) bond motifs is 1. The number of carbonyl (C=O) groups is 2. The van der Waals surface area contributed by atoms with Gasteiger partial charge in [0.05, 0.1) is 11.4 Å². The Morgan fingerprint density at radius 2 is 1.67 bits per heavy atom. The number of hydrogen-bond donors (Lipinski definition) is 2. The monoisotopic (exact) mass is 499 g/mol. The predicted octanol–water partition coefficient (Wildman–Crippen LogP) is 4.77. The summed E-state index contributed by atoms with van der Waals surface area (Å²) in [7, 11) is 0. The van der Waals surface area contributed by atoms with Crippen molar-refractivity contribution in [2.45, 2.75) is 45.8 Å². The maximum Gasteiger partial charge on any atom is 0.433 e. The molecule has 3 heterocycles. The lowest BCUT2D eigenvalue weighted by molar-refractivity contribution is -0.142. The quantitative estimate of drug-likeness (QED) is 0.412. The fraction of sp³-hybridized carbons (Fsp3) is 0.292. The van der Waals surface area contributed by atoms with Gasteiger partial charge in [-0.25, -0.2) is 9.50 Å². The number of nitrogens with zero attached hydrogens (tertiary/aromatic N) is 5. The van der Waals surface area contributed by atoms with Crippen LogP contribution in [0.15, 0.2) is 48.7 Å². The van der Waals surface area contributed by atoms with E-state index in [2.05, 4.69) is 25.8 Å². The SMILES string of the molecule is CCn1cc(NC(=O)c2cc3nc(C(C)(C)C)cc(C(F)(F)F)n3n2)c(C(=O)Nc2ccccc2)n1. The van der Waals surface area contributed by atoms with E-state index in [1.165, 1.54) is 16.9 Å². The lowest BCUT2D eigenvalue weighted by atomic mass is 9.91. The van der Waals surface area contributed by atoms with E-state index in [-0.39, 0.29) is 28.4 Å². The van der Waals surface area contributed by atoms with Gasteiger partial charge < -0.3 is 10.6 Å². The first-order chi connectivity index (χ1) is 16.9. The molecule has 0 bridgehead atoms. The van der Waals surface area contributed by atoms with Crippen LogP contribution in [0.2, 0.25) is 0 Å². The van der Waals surface area contributed by atoms with Gasteiger partial charge in [0, 0.05) is 29.9 Å². The Kier molecular flexibility index (Phi) is 6.29. The highest BCUT2D eigenvalue weighted by Gasteiger charge is 2.36. The molecular weight excluding hydrogens is 475 g/mol. The molecule has 0 atom stereocenters. The molecule has 2 N–H and O–H groups in total. The number of carbonyl (C=O) groups excluding carboxylic acids is 2. The molecule has 0 spiro atoms. The molecule has 9 nitrogen and oxygen atoms in total. The summed E-state index contributed by atoms with van der Waals surface area (Å²) in [5.41, 5.74) is -1.34. The molecule has 1 aromatic carbocycles. The average molecular weight is 499 g/mol. The fourth-order valence-corrected chi connectivity index (χ4v) is 3.41. The second-order valence-electron chi connectivity index (χ2n) is 9.10. The summed E-state index contributed by atoms with van der Waals surface area (Å²) in [4.78, 5) is 30.1. The molecule has 0 aliphatic carbocycles. The molecule has 0 saturated carbocycles. The summed E-state index contributed by atoms with van der Waals surface area (Å²) in [6.07, 6.45) is -3.25. The summed E-state index contributed by atoms with van der Waals surface area (Å²) >= 11 is 0. The van der Waals surface area contributed by atoms with Gasteiger partial charge in [-0.3, -0.25) is 14.3 Å². The molecule has 4 rings (SSSR count). The summed E-state index contributed by atoms with van der Waals surface area (Å²) < 4.78 is 43.3. The second-order valence-corrected chi connectivity index (χ2v) is 9.10. The van der Waals surface area contributed by atoms with Crippen LogP contribution < -0.4 is 10.6 Å². The first-order valence-electron chi connectivity index (χ1n) is 11.1. The van der Waals surface area contributed by atoms with Crippen LogP contribution in [0.25, 0.3) is 5.65 Å². The van der Waals surface area contributed by atoms with Crippen molar-refractivity contribution in [1.82, 2.24) is 24.4 Å². The zero-order chi connectivity index (χ0) is 26.3. The number of anilines is 2. The van der Waals surface area contributed by atoms with Crippen molar-refractivity contribution in [3.63, 3.8) is 0 Å². The van der Waals surface area contributed by atoms with Gasteiger partial charge in [-0.1, -0.05) is 39.0 Å². The van der Waals surface area contributed by atoms with E-state index in [1.54, 1.807) is 58.0 Å². The van der Waals surface area contributed by atoms with Crippen LogP contribution in [0.4, 0.5) is 24.5 Å². The first kappa shape index (κ1) is 24.9. The minimum Gasteiger partial charge on any atom is -0.321 e. The molecule has 0 unspecified atom stereocenters. The topological polar surface area (TPSA) is 106 Å². The van der Waals surface area contributed by atoms with Gasteiger partial charge in [-0.05, 0) is 25.1 Å². The standard InChI is InChI=1S/C24H24F3N7O2/c1-5-33-13-16(20(32-33)22(36)28-14-9-7-6-8-10-14)29-21(35)15-11-19-30-17(23(2,3)4)12-18(24(25,26)27)34(19)31-15/h6-13H,5H2,1-4H3,(H,28,36)(H,29,35). The number of nitrogens with one attached hydrogen (secondary N) is 2. The Balaban J connectivity index is 1.68. The maximum atomic E-state index is 13.8. The predicted molar refractivity (Wildman–Crippen MR) is 127 cm³/mol. The van der Waals surface area contributed by atoms with Gasteiger partial charge in [0.2, 0.25) is 0 Å². The number of halogens is 3. The number of benzene rings is 1. The summed E-state index contributed by atoms with van der Waals surface area (Å²) in [6.45, 7) is 7.44. The molecule has 188 valence electrons. The van der Waals surface area contributed by atoms with Gasteiger partial charge in [0.1, 0.15) is 5.69 Å². The average Bonchev–Trinajstić information content (AvgIpc) is 3.42. The summed E-state index contributed by atoms with van der Waals surface area (Å²) in [5, 5.41) is 13.3. The van der Waals surface area contributed by atoms with Crippen LogP contribution in [0, 0.1) is 0 Å². The number of para-hydroxylation sites is 1. The summed E-state index contributed by atoms with van der Waals surface area (Å²) in [6, 6.07) is 10.8. The van der Waals surface area contributed by atoms with Crippen molar-refractivity contribution >= 4 is 28.8 Å². The minimum absolute atomic E-state index is 0.0538. The number of amides is 2. The Morgan fingerprint density at radius 1 is 0.972 bits per heavy atom. The molecule has 0 aliphatic rings. The van der Waals surface area contributed by atoms with Gasteiger partial charge in [-0.2, -0.15) is 23.4 Å². The lowest BCUT2D eigenvalue weighted by Crippen LogP contribution is -2.20. The van der Waals surface area contributed by atoms with E-state index >= 15 is 0 Å². The Labute approximate surface area is 204 Å². The number of aryl methyl sites for hydroxylation is 1. The molecule has 12 heteroatoms. The lowest BCUT2D eigenvalue weighted by Gasteiger charge is -2.19. The first-order valence-corrected chi connectivity index (χ1v) is 11.1. The maximum absolute atomic E-state index is 13.8. The molecule has 3 aromatic heterocycles. The molecule has 0 fully saturated rings. The van der Waals surface area contributed by atoms with Gasteiger partial charge >= 0.3 is 6.18 Å². The zero-order valence-corrected chi connectivity index (χ0v) is 20.0. The third kappa shape index (κ3) is 5.07. The van der Waals surface area contributed by atoms with E-state index in [9.17, 15) is 22.8 Å². The highest BCUT2D eigenvalue weighted by molar-refractivity contribution is 6.11. The molecule has 0 saturated heterocycles. The number of aromatic nitrogens is 5. The molecule has 36 heavy (non-hydrogen) atoms. The van der Waals surface area contributed by atoms with Crippen LogP contribution in [0.5, 0.6) is 0 Å². The van der Waals surface area contributed by atoms with Gasteiger partial charge in [0.15, 0.2) is 17.0 Å². The minimum atomic E-state index is -4.72. The molecule has 0 aliphatic heterocycles. The van der Waals surface area contributed by atoms with Crippen molar-refractivity contribution in [3.8, 4) is 0 Å². The van der Waals surface area contributed by atoms with Crippen LogP contribution in [-0.4, -0.2) is 36.2 Å². The fourth-order valence-electron chi connectivity index (χ4n) is 3.41. The second kappa shape index (κ2) is 9.10. The van der Waals surface area contributed by atoms with Crippen LogP contribution in [0.3, 0.4) is 0 Å². The van der Waals surface area contributed by atoms with Crippen molar-refractivity contribution in [1.29, 1.82) is 0 Å². The summed E-state index contributed by atoms with van der Waals surface area (Å²) in [5.74, 6) is -1.37. The normalized spacial score (nSPS) is 12.1. The van der Waals surface area contributed by atoms with E-state index in [0.717, 1.165) is 6.07 Å². The van der Waals surface area contributed by atoms with Crippen LogP contribution in [-0.2, 0) is 18.1 Å². The van der Waals surface area contributed by atoms with E-state index in [4.69, 9.17) is 0 Å². The zero-order valence-electron chi connectivity index (χ0n) is 20.0. The van der Waals surface area contributed by atoms with E-state index in [1.807, 2.05) is 0 Å². The number of alkyl halides is 3. The smallest absolute Gasteiger partial charge is 0.321 e. The van der Waals surface area contributed by atoms with Crippen LogP contribution in [0.1, 0.15) is 60.1 Å². The van der Waals surface area contributed by atoms with Crippen molar-refractivity contribution in [3.05, 3.63) is 71.4 Å². The third-order valence-corrected chi connectivity index (χ3v) is 5.30. The van der Waals surface area contributed by atoms with Gasteiger partial charge in [-0.15, -0.1) is 0 Å². The molecule has 4 aromatic rings. The molecular formula is C24H24F3N7O2. The van der Waals surface area contributed by atoms with E-state index in [0.29, 0.717) is 16.7 Å². The molecule has 2 amide bonds. The Morgan fingerprint density at radius 3 is 2.28 bits per heavy atom. The largest absolute Gasteiger partial charge is 0.433 e. The van der Waals surface area contributed by atoms with Gasteiger partial charge in [0.25, 0.3) is 11.8 Å².